The molecule has 0 aromatic heterocycles. The van der Waals surface area contributed by atoms with Crippen LogP contribution in [0.25, 0.3) is 0 Å². The number of hydrogen-bond donors (Lipinski definition) is 1. The summed E-state index contributed by atoms with van der Waals surface area (Å²) in [6, 6.07) is 13.7. The maximum atomic E-state index is 11.3. The molecule has 2 rings (SSSR count). The molecule has 104 valence electrons. The first-order valence-electron chi connectivity index (χ1n) is 6.06. The molecule has 0 fully saturated rings. The van der Waals surface area contributed by atoms with Crippen molar-refractivity contribution in [1.29, 1.82) is 0 Å². The molecular weight excluding hydrogens is 274 g/mol. The van der Waals surface area contributed by atoms with Gasteiger partial charge in [0.1, 0.15) is 6.29 Å². The minimum absolute atomic E-state index is 0.0369. The summed E-state index contributed by atoms with van der Waals surface area (Å²) < 4.78 is 22.4. The fraction of sp³-hybridized carbons (Fsp3) is 0.133. The molecule has 0 amide bonds. The zero-order valence-corrected chi connectivity index (χ0v) is 11.8. The first-order valence-corrected chi connectivity index (χ1v) is 7.61. The SMILES string of the molecule is Cc1ccc(C(C=O)c2ccc(S(N)(=O)=O)cc2)cc1. The standard InChI is InChI=1S/C15H15NO3S/c1-11-2-4-12(5-3-11)15(10-17)13-6-8-14(9-7-13)20(16,18)19/h2-10,15H,1H3,(H2,16,18,19). The summed E-state index contributed by atoms with van der Waals surface area (Å²) in [5.41, 5.74) is 2.72. The number of rotatable bonds is 4. The van der Waals surface area contributed by atoms with Crippen molar-refractivity contribution in [3.05, 3.63) is 65.2 Å². The van der Waals surface area contributed by atoms with E-state index >= 15 is 0 Å². The van der Waals surface area contributed by atoms with Crippen molar-refractivity contribution in [2.75, 3.05) is 0 Å². The Morgan fingerprint density at radius 3 is 1.80 bits per heavy atom. The van der Waals surface area contributed by atoms with Crippen LogP contribution in [0.3, 0.4) is 0 Å². The normalized spacial score (nSPS) is 12.9. The molecule has 0 aliphatic rings. The predicted molar refractivity (Wildman–Crippen MR) is 76.9 cm³/mol. The van der Waals surface area contributed by atoms with E-state index in [9.17, 15) is 13.2 Å². The van der Waals surface area contributed by atoms with E-state index in [0.717, 1.165) is 23.0 Å². The average molecular weight is 289 g/mol. The lowest BCUT2D eigenvalue weighted by molar-refractivity contribution is -0.108. The second-order valence-electron chi connectivity index (χ2n) is 4.64. The summed E-state index contributed by atoms with van der Waals surface area (Å²) in [6.07, 6.45) is 0.844. The van der Waals surface area contributed by atoms with Gasteiger partial charge in [-0.1, -0.05) is 42.0 Å². The van der Waals surface area contributed by atoms with E-state index in [-0.39, 0.29) is 4.90 Å². The van der Waals surface area contributed by atoms with Crippen molar-refractivity contribution in [2.45, 2.75) is 17.7 Å². The lowest BCUT2D eigenvalue weighted by Gasteiger charge is -2.12. The van der Waals surface area contributed by atoms with Crippen molar-refractivity contribution >= 4 is 16.3 Å². The summed E-state index contributed by atoms with van der Waals surface area (Å²) in [5.74, 6) is -0.412. The van der Waals surface area contributed by atoms with Crippen LogP contribution in [-0.4, -0.2) is 14.7 Å². The molecule has 0 saturated carbocycles. The Bertz CT molecular complexity index is 704. The smallest absolute Gasteiger partial charge is 0.238 e. The Labute approximate surface area is 118 Å². The van der Waals surface area contributed by atoms with Gasteiger partial charge in [0.15, 0.2) is 0 Å². The highest BCUT2D eigenvalue weighted by molar-refractivity contribution is 7.89. The highest BCUT2D eigenvalue weighted by Crippen LogP contribution is 2.24. The first-order chi connectivity index (χ1) is 9.41. The Balaban J connectivity index is 2.37. The molecular formula is C15H15NO3S. The minimum atomic E-state index is -3.71. The number of carbonyl (C=O) groups is 1. The molecule has 1 atom stereocenters. The Kier molecular flexibility index (Phi) is 4.01. The first kappa shape index (κ1) is 14.4. The number of sulfonamides is 1. The Morgan fingerprint density at radius 1 is 0.950 bits per heavy atom. The molecule has 0 radical (unpaired) electrons. The van der Waals surface area contributed by atoms with Gasteiger partial charge in [0.05, 0.1) is 10.8 Å². The highest BCUT2D eigenvalue weighted by atomic mass is 32.2. The maximum absolute atomic E-state index is 11.3. The monoisotopic (exact) mass is 289 g/mol. The number of aryl methyl sites for hydroxylation is 1. The second kappa shape index (κ2) is 5.56. The van der Waals surface area contributed by atoms with Crippen LogP contribution in [-0.2, 0) is 14.8 Å². The van der Waals surface area contributed by atoms with Crippen molar-refractivity contribution in [3.63, 3.8) is 0 Å². The van der Waals surface area contributed by atoms with Gasteiger partial charge >= 0.3 is 0 Å². The van der Waals surface area contributed by atoms with Gasteiger partial charge in [-0.2, -0.15) is 0 Å². The molecule has 0 aliphatic carbocycles. The van der Waals surface area contributed by atoms with Gasteiger partial charge in [-0.3, -0.25) is 0 Å². The molecule has 2 aromatic rings. The molecule has 0 aliphatic heterocycles. The molecule has 0 saturated heterocycles. The number of carbonyl (C=O) groups excluding carboxylic acids is 1. The van der Waals surface area contributed by atoms with Gasteiger partial charge in [0.2, 0.25) is 10.0 Å². The number of aldehydes is 1. The Morgan fingerprint density at radius 2 is 1.40 bits per heavy atom. The lowest BCUT2D eigenvalue weighted by atomic mass is 9.92. The molecule has 2 aromatic carbocycles. The third-order valence-electron chi connectivity index (χ3n) is 3.14. The molecule has 5 heteroatoms. The zero-order valence-electron chi connectivity index (χ0n) is 11.0. The zero-order chi connectivity index (χ0) is 14.8. The topological polar surface area (TPSA) is 77.2 Å². The van der Waals surface area contributed by atoms with E-state index < -0.39 is 15.9 Å². The number of nitrogens with two attached hydrogens (primary N) is 1. The van der Waals surface area contributed by atoms with E-state index in [1.807, 2.05) is 31.2 Å². The van der Waals surface area contributed by atoms with E-state index in [2.05, 4.69) is 0 Å². The number of hydrogen-bond acceptors (Lipinski definition) is 3. The van der Waals surface area contributed by atoms with Crippen molar-refractivity contribution in [3.8, 4) is 0 Å². The largest absolute Gasteiger partial charge is 0.302 e. The van der Waals surface area contributed by atoms with Gasteiger partial charge in [-0.25, -0.2) is 13.6 Å². The molecule has 0 bridgehead atoms. The summed E-state index contributed by atoms with van der Waals surface area (Å²) in [4.78, 5) is 11.4. The second-order valence-corrected chi connectivity index (χ2v) is 6.20. The predicted octanol–water partition coefficient (Wildman–Crippen LogP) is 1.97. The number of benzene rings is 2. The van der Waals surface area contributed by atoms with Gasteiger partial charge < -0.3 is 4.79 Å². The molecule has 4 nitrogen and oxygen atoms in total. The quantitative estimate of drug-likeness (QED) is 0.874. The molecule has 20 heavy (non-hydrogen) atoms. The summed E-state index contributed by atoms with van der Waals surface area (Å²) >= 11 is 0. The van der Waals surface area contributed by atoms with E-state index in [0.29, 0.717) is 0 Å². The fourth-order valence-corrected chi connectivity index (χ4v) is 2.50. The van der Waals surface area contributed by atoms with E-state index in [4.69, 9.17) is 5.14 Å². The lowest BCUT2D eigenvalue weighted by Crippen LogP contribution is -2.12. The molecule has 0 heterocycles. The van der Waals surface area contributed by atoms with Crippen LogP contribution in [0.15, 0.2) is 53.4 Å². The number of primary sulfonamides is 1. The molecule has 2 N–H and O–H groups in total. The minimum Gasteiger partial charge on any atom is -0.302 e. The average Bonchev–Trinajstić information content (AvgIpc) is 2.41. The van der Waals surface area contributed by atoms with E-state index in [1.54, 1.807) is 12.1 Å². The van der Waals surface area contributed by atoms with Gasteiger partial charge in [0.25, 0.3) is 0 Å². The molecule has 1 unspecified atom stereocenters. The van der Waals surface area contributed by atoms with Crippen molar-refractivity contribution in [2.24, 2.45) is 5.14 Å². The van der Waals surface area contributed by atoms with Crippen LogP contribution < -0.4 is 5.14 Å². The van der Waals surface area contributed by atoms with Crippen LogP contribution in [0.1, 0.15) is 22.6 Å². The third kappa shape index (κ3) is 3.12. The van der Waals surface area contributed by atoms with Crippen LogP contribution in [0, 0.1) is 6.92 Å². The summed E-state index contributed by atoms with van der Waals surface area (Å²) in [5, 5.41) is 5.05. The Hall–Kier alpha value is -1.98. The summed E-state index contributed by atoms with van der Waals surface area (Å²) in [7, 11) is -3.71. The van der Waals surface area contributed by atoms with Crippen LogP contribution in [0.2, 0.25) is 0 Å². The highest BCUT2D eigenvalue weighted by Gasteiger charge is 2.14. The van der Waals surface area contributed by atoms with Crippen LogP contribution >= 0.6 is 0 Å². The summed E-state index contributed by atoms with van der Waals surface area (Å²) in [6.45, 7) is 1.97. The van der Waals surface area contributed by atoms with E-state index in [1.165, 1.54) is 12.1 Å². The van der Waals surface area contributed by atoms with Crippen molar-refractivity contribution < 1.29 is 13.2 Å². The van der Waals surface area contributed by atoms with Gasteiger partial charge in [-0.15, -0.1) is 0 Å². The third-order valence-corrected chi connectivity index (χ3v) is 4.07. The van der Waals surface area contributed by atoms with Crippen LogP contribution in [0.5, 0.6) is 0 Å². The van der Waals surface area contributed by atoms with Gasteiger partial charge in [-0.05, 0) is 30.2 Å². The van der Waals surface area contributed by atoms with Crippen molar-refractivity contribution in [1.82, 2.24) is 0 Å². The maximum Gasteiger partial charge on any atom is 0.238 e. The fourth-order valence-electron chi connectivity index (χ4n) is 1.99. The molecule has 0 spiro atoms. The van der Waals surface area contributed by atoms with Crippen LogP contribution in [0.4, 0.5) is 0 Å². The van der Waals surface area contributed by atoms with Gasteiger partial charge in [0, 0.05) is 0 Å².